The zero-order chi connectivity index (χ0) is 40.1. The van der Waals surface area contributed by atoms with Crippen LogP contribution in [0.4, 0.5) is 23.7 Å². The summed E-state index contributed by atoms with van der Waals surface area (Å²) in [5.74, 6) is -0.0838. The zero-order valence-corrected chi connectivity index (χ0v) is 33.7. The Bertz CT molecular complexity index is 2290. The standard InChI is InChI=1S/C40H35BrF3N7O4S2/c1-24-8-9-25(2)32(20-24)51-36(52)34(41)57-38(51)48-37(56-31-18-19-31)46-33(47-39(53)54-22-27-6-4-3-5-7-27)21-26-10-12-28(13-11-26)35-45-23-50(49-35)29-14-16-30(17-15-29)55-40(42,43)44/h3-17,20,23,31,33-34H,18-19,21-22H2,1-2H3,(H,47,53). The quantitative estimate of drug-likeness (QED) is 0.0792. The van der Waals surface area contributed by atoms with Crippen molar-refractivity contribution in [3.05, 3.63) is 126 Å². The molecule has 4 aromatic carbocycles. The first-order valence-corrected chi connectivity index (χ1v) is 20.4. The van der Waals surface area contributed by atoms with Gasteiger partial charge in [0.25, 0.3) is 5.91 Å². The van der Waals surface area contributed by atoms with E-state index < -0.39 is 22.8 Å². The summed E-state index contributed by atoms with van der Waals surface area (Å²) in [5.41, 5.74) is 5.55. The molecule has 1 saturated carbocycles. The summed E-state index contributed by atoms with van der Waals surface area (Å²) in [6, 6.07) is 28.0. The van der Waals surface area contributed by atoms with Gasteiger partial charge in [-0.2, -0.15) is 4.99 Å². The van der Waals surface area contributed by atoms with E-state index in [0.29, 0.717) is 32.7 Å². The number of aromatic nitrogens is 3. The molecule has 11 nitrogen and oxygen atoms in total. The van der Waals surface area contributed by atoms with Crippen LogP contribution in [0.3, 0.4) is 0 Å². The third kappa shape index (κ3) is 10.8. The predicted molar refractivity (Wildman–Crippen MR) is 220 cm³/mol. The van der Waals surface area contributed by atoms with Crippen molar-refractivity contribution in [1.29, 1.82) is 0 Å². The van der Waals surface area contributed by atoms with Crippen molar-refractivity contribution < 1.29 is 32.2 Å². The lowest BCUT2D eigenvalue weighted by atomic mass is 10.1. The van der Waals surface area contributed by atoms with Gasteiger partial charge in [0, 0.05) is 17.2 Å². The Morgan fingerprint density at radius 1 is 1.02 bits per heavy atom. The number of hydrogen-bond donors (Lipinski definition) is 1. The summed E-state index contributed by atoms with van der Waals surface area (Å²) < 4.78 is 48.2. The Kier molecular flexibility index (Phi) is 12.4. The van der Waals surface area contributed by atoms with Gasteiger partial charge < -0.3 is 9.47 Å². The molecule has 294 valence electrons. The number of hydrogen-bond acceptors (Lipinski definition) is 9. The van der Waals surface area contributed by atoms with E-state index in [4.69, 9.17) is 14.7 Å². The molecule has 2 fully saturated rings. The molecule has 17 heteroatoms. The predicted octanol–water partition coefficient (Wildman–Crippen LogP) is 9.35. The fourth-order valence-electron chi connectivity index (χ4n) is 5.65. The average molecular weight is 879 g/mol. The van der Waals surface area contributed by atoms with Crippen LogP contribution in [0.2, 0.25) is 0 Å². The summed E-state index contributed by atoms with van der Waals surface area (Å²) in [6.45, 7) is 4.00. The highest BCUT2D eigenvalue weighted by atomic mass is 79.9. The molecule has 57 heavy (non-hydrogen) atoms. The molecule has 7 rings (SSSR count). The number of alkyl halides is 4. The Hall–Kier alpha value is -5.13. The second-order valence-corrected chi connectivity index (χ2v) is 17.1. The molecule has 1 saturated heterocycles. The number of rotatable bonds is 11. The first-order chi connectivity index (χ1) is 27.4. The summed E-state index contributed by atoms with van der Waals surface area (Å²) in [4.78, 5) is 42.6. The minimum absolute atomic E-state index is 0.0745. The number of thioether (sulfide) groups is 2. The lowest BCUT2D eigenvalue weighted by molar-refractivity contribution is -0.274. The van der Waals surface area contributed by atoms with E-state index in [0.717, 1.165) is 40.8 Å². The van der Waals surface area contributed by atoms with Crippen molar-refractivity contribution in [3.8, 4) is 22.8 Å². The highest BCUT2D eigenvalue weighted by Crippen LogP contribution is 2.39. The van der Waals surface area contributed by atoms with E-state index in [1.54, 1.807) is 4.90 Å². The minimum Gasteiger partial charge on any atom is -0.445 e. The number of anilines is 1. The van der Waals surface area contributed by atoms with Gasteiger partial charge >= 0.3 is 12.5 Å². The number of aliphatic imine (C=N–C) groups is 2. The smallest absolute Gasteiger partial charge is 0.445 e. The molecule has 2 heterocycles. The number of amides is 2. The minimum atomic E-state index is -4.79. The number of nitrogens with zero attached hydrogens (tertiary/aromatic N) is 6. The van der Waals surface area contributed by atoms with E-state index in [1.165, 1.54) is 58.8 Å². The van der Waals surface area contributed by atoms with Gasteiger partial charge in [-0.3, -0.25) is 15.0 Å². The zero-order valence-electron chi connectivity index (χ0n) is 30.5. The van der Waals surface area contributed by atoms with E-state index >= 15 is 0 Å². The van der Waals surface area contributed by atoms with Crippen LogP contribution in [-0.4, -0.2) is 59.0 Å². The van der Waals surface area contributed by atoms with Crippen molar-refractivity contribution in [3.63, 3.8) is 0 Å². The second kappa shape index (κ2) is 17.6. The number of benzene rings is 4. The molecule has 1 aliphatic heterocycles. The van der Waals surface area contributed by atoms with Crippen molar-refractivity contribution in [1.82, 2.24) is 20.1 Å². The van der Waals surface area contributed by atoms with Gasteiger partial charge in [0.2, 0.25) is 0 Å². The lowest BCUT2D eigenvalue weighted by Crippen LogP contribution is -2.36. The van der Waals surface area contributed by atoms with Crippen LogP contribution in [0.25, 0.3) is 17.1 Å². The SMILES string of the molecule is Cc1ccc(C)c(N2C(=O)C(Br)SC2=NC(=NC(Cc2ccc(-c3ncn(-c4ccc(OC(F)(F)F)cc4)n3)cc2)NC(=O)OCc2ccccc2)SC2CC2)c1. The van der Waals surface area contributed by atoms with E-state index in [-0.39, 0.29) is 24.7 Å². The molecule has 2 aliphatic rings. The molecule has 5 aromatic rings. The molecule has 0 bridgehead atoms. The number of ether oxygens (including phenoxy) is 2. The summed E-state index contributed by atoms with van der Waals surface area (Å²) >= 11 is 6.32. The number of halogens is 4. The molecule has 0 spiro atoms. The maximum atomic E-state index is 13.5. The van der Waals surface area contributed by atoms with Gasteiger partial charge in [-0.15, -0.1) is 18.3 Å². The fourth-order valence-corrected chi connectivity index (χ4v) is 8.23. The Morgan fingerprint density at radius 3 is 2.46 bits per heavy atom. The first kappa shape index (κ1) is 40.1. The van der Waals surface area contributed by atoms with Gasteiger partial charge in [-0.25, -0.2) is 19.5 Å². The molecular weight excluding hydrogens is 844 g/mol. The molecule has 2 amide bonds. The van der Waals surface area contributed by atoms with Gasteiger partial charge in [-0.05, 0) is 79.3 Å². The average Bonchev–Trinajstić information content (AvgIpc) is 3.78. The second-order valence-electron chi connectivity index (χ2n) is 13.2. The van der Waals surface area contributed by atoms with Gasteiger partial charge in [0.05, 0.1) is 11.4 Å². The molecular formula is C40H35BrF3N7O4S2. The number of carbonyl (C=O) groups is 2. The monoisotopic (exact) mass is 877 g/mol. The summed E-state index contributed by atoms with van der Waals surface area (Å²) in [5, 5.41) is 8.64. The summed E-state index contributed by atoms with van der Waals surface area (Å²) in [6.07, 6.45) is -2.47. The van der Waals surface area contributed by atoms with E-state index in [9.17, 15) is 22.8 Å². The maximum absolute atomic E-state index is 13.5. The van der Waals surface area contributed by atoms with Gasteiger partial charge in [-0.1, -0.05) is 106 Å². The first-order valence-electron chi connectivity index (χ1n) is 17.8. The molecule has 1 aromatic heterocycles. The van der Waals surface area contributed by atoms with Crippen LogP contribution in [0.5, 0.6) is 5.75 Å². The Balaban J connectivity index is 1.14. The highest BCUT2D eigenvalue weighted by Gasteiger charge is 2.39. The van der Waals surface area contributed by atoms with Crippen molar-refractivity contribution in [2.75, 3.05) is 4.90 Å². The maximum Gasteiger partial charge on any atom is 0.573 e. The Morgan fingerprint density at radius 2 is 1.75 bits per heavy atom. The number of alkyl carbamates (subject to hydrolysis) is 1. The third-order valence-electron chi connectivity index (χ3n) is 8.64. The topological polar surface area (TPSA) is 123 Å². The third-order valence-corrected chi connectivity index (χ3v) is 11.7. The van der Waals surface area contributed by atoms with Crippen LogP contribution in [0.15, 0.2) is 113 Å². The van der Waals surface area contributed by atoms with Gasteiger partial charge in [0.1, 0.15) is 29.0 Å². The molecule has 2 unspecified atom stereocenters. The molecule has 2 atom stereocenters. The molecule has 1 N–H and O–H groups in total. The largest absolute Gasteiger partial charge is 0.573 e. The fraction of sp³-hybridized carbons (Fsp3) is 0.250. The van der Waals surface area contributed by atoms with Crippen LogP contribution >= 0.6 is 39.5 Å². The van der Waals surface area contributed by atoms with Crippen LogP contribution in [0.1, 0.15) is 35.1 Å². The van der Waals surface area contributed by atoms with Crippen molar-refractivity contribution in [2.24, 2.45) is 9.98 Å². The van der Waals surface area contributed by atoms with Crippen LogP contribution < -0.4 is 15.0 Å². The van der Waals surface area contributed by atoms with E-state index in [1.807, 2.05) is 86.6 Å². The summed E-state index contributed by atoms with van der Waals surface area (Å²) in [7, 11) is 0. The Labute approximate surface area is 343 Å². The van der Waals surface area contributed by atoms with Crippen molar-refractivity contribution in [2.45, 2.75) is 61.7 Å². The molecule has 0 radical (unpaired) electrons. The van der Waals surface area contributed by atoms with Crippen molar-refractivity contribution >= 4 is 67.5 Å². The highest BCUT2D eigenvalue weighted by molar-refractivity contribution is 9.12. The normalized spacial score (nSPS) is 17.2. The van der Waals surface area contributed by atoms with Gasteiger partial charge in [0.15, 0.2) is 16.2 Å². The number of carbonyl (C=O) groups excluding carboxylic acids is 2. The lowest BCUT2D eigenvalue weighted by Gasteiger charge is -2.20. The number of aryl methyl sites for hydroxylation is 2. The number of nitrogens with one attached hydrogen (secondary N) is 1. The number of amidine groups is 2. The van der Waals surface area contributed by atoms with Crippen LogP contribution in [0, 0.1) is 13.8 Å². The van der Waals surface area contributed by atoms with Crippen LogP contribution in [-0.2, 0) is 22.6 Å². The van der Waals surface area contributed by atoms with E-state index in [2.05, 4.69) is 36.1 Å². The molecule has 1 aliphatic carbocycles.